The lowest BCUT2D eigenvalue weighted by Gasteiger charge is -2.34. The minimum atomic E-state index is -3.39. The van der Waals surface area contributed by atoms with Gasteiger partial charge in [0.15, 0.2) is 0 Å². The van der Waals surface area contributed by atoms with E-state index in [-0.39, 0.29) is 49.0 Å². The maximum absolute atomic E-state index is 12.4. The second kappa shape index (κ2) is 13.5. The van der Waals surface area contributed by atoms with Crippen molar-refractivity contribution in [3.05, 3.63) is 59.7 Å². The molecule has 0 amide bonds. The van der Waals surface area contributed by atoms with Crippen molar-refractivity contribution >= 4 is 40.5 Å². The van der Waals surface area contributed by atoms with Crippen molar-refractivity contribution in [2.24, 2.45) is 0 Å². The highest BCUT2D eigenvalue weighted by atomic mass is 35.5. The van der Waals surface area contributed by atoms with E-state index in [1.54, 1.807) is 0 Å². The molecule has 1 fully saturated rings. The van der Waals surface area contributed by atoms with Crippen LogP contribution in [-0.2, 0) is 16.6 Å². The molecule has 3 rings (SSSR count). The number of nitrogens with one attached hydrogen (secondary N) is 2. The van der Waals surface area contributed by atoms with Crippen LogP contribution in [0, 0.1) is 0 Å². The first kappa shape index (κ1) is 30.5. The van der Waals surface area contributed by atoms with E-state index in [4.69, 9.17) is 4.74 Å². The van der Waals surface area contributed by atoms with Crippen LogP contribution in [0.25, 0.3) is 0 Å². The molecule has 0 radical (unpaired) electrons. The lowest BCUT2D eigenvalue weighted by atomic mass is 9.92. The Kier molecular flexibility index (Phi) is 12.2. The molecule has 0 aromatic heterocycles. The summed E-state index contributed by atoms with van der Waals surface area (Å²) in [5, 5.41) is 7.38. The molecule has 192 valence electrons. The first-order valence-corrected chi connectivity index (χ1v) is 13.3. The molecule has 0 aliphatic carbocycles. The third kappa shape index (κ3) is 8.02. The Morgan fingerprint density at radius 3 is 2.35 bits per heavy atom. The minimum absolute atomic E-state index is 0. The highest BCUT2D eigenvalue weighted by molar-refractivity contribution is 7.92. The molecular formula is C25H39Cl2N3O3S. The summed E-state index contributed by atoms with van der Waals surface area (Å²) >= 11 is 0. The summed E-state index contributed by atoms with van der Waals surface area (Å²) in [5.74, 6) is 0.786. The first-order chi connectivity index (χ1) is 15.2. The van der Waals surface area contributed by atoms with Crippen LogP contribution in [0.2, 0.25) is 0 Å². The van der Waals surface area contributed by atoms with E-state index in [1.165, 1.54) is 16.1 Å². The van der Waals surface area contributed by atoms with E-state index in [0.717, 1.165) is 30.7 Å². The third-order valence-electron chi connectivity index (χ3n) is 5.66. The number of benzene rings is 2. The lowest BCUT2D eigenvalue weighted by molar-refractivity contribution is 0.238. The van der Waals surface area contributed by atoms with E-state index < -0.39 is 10.0 Å². The monoisotopic (exact) mass is 531 g/mol. The van der Waals surface area contributed by atoms with Crippen LogP contribution in [0.1, 0.15) is 57.7 Å². The Labute approximate surface area is 217 Å². The van der Waals surface area contributed by atoms with Gasteiger partial charge < -0.3 is 15.4 Å². The molecule has 1 heterocycles. The number of sulfonamides is 1. The first-order valence-electron chi connectivity index (χ1n) is 11.5. The fourth-order valence-electron chi connectivity index (χ4n) is 4.44. The summed E-state index contributed by atoms with van der Waals surface area (Å²) in [6.45, 7) is 9.37. The maximum atomic E-state index is 12.4. The van der Waals surface area contributed by atoms with E-state index in [9.17, 15) is 8.42 Å². The van der Waals surface area contributed by atoms with E-state index >= 15 is 0 Å². The second-order valence-corrected chi connectivity index (χ2v) is 10.9. The molecule has 6 nitrogen and oxygen atoms in total. The zero-order chi connectivity index (χ0) is 23.3. The molecule has 0 bridgehead atoms. The van der Waals surface area contributed by atoms with E-state index in [1.807, 2.05) is 52.0 Å². The van der Waals surface area contributed by atoms with Crippen molar-refractivity contribution in [1.82, 2.24) is 10.6 Å². The molecule has 1 aliphatic rings. The number of ether oxygens (including phenoxy) is 1. The summed E-state index contributed by atoms with van der Waals surface area (Å²) in [6.07, 6.45) is 3.48. The number of nitrogens with zero attached hydrogens (tertiary/aromatic N) is 1. The van der Waals surface area contributed by atoms with Gasteiger partial charge in [-0.3, -0.25) is 4.31 Å². The number of hydrogen-bond donors (Lipinski definition) is 2. The Bertz CT molecular complexity index is 988. The van der Waals surface area contributed by atoms with Crippen molar-refractivity contribution < 1.29 is 13.2 Å². The standard InChI is InChI=1S/C25H37N3O3S.2ClH/c1-18(2)28(32(5,29)30)22-13-14-24(31-19(3)4)21(16-22)17-27-23-12-9-15-26-25(23)20-10-7-6-8-11-20;;/h6-8,10-11,13-14,16,18-19,23,25-27H,9,12,15,17H2,1-5H3;2*1H/t23-,25-;;/m0../s1. The van der Waals surface area contributed by atoms with Gasteiger partial charge in [0.2, 0.25) is 10.0 Å². The van der Waals surface area contributed by atoms with Gasteiger partial charge in [-0.2, -0.15) is 0 Å². The predicted molar refractivity (Wildman–Crippen MR) is 146 cm³/mol. The maximum Gasteiger partial charge on any atom is 0.232 e. The van der Waals surface area contributed by atoms with Crippen LogP contribution < -0.4 is 19.7 Å². The molecule has 1 aliphatic heterocycles. The summed E-state index contributed by atoms with van der Waals surface area (Å²) in [5.41, 5.74) is 2.90. The molecule has 0 spiro atoms. The van der Waals surface area contributed by atoms with Gasteiger partial charge in [0.1, 0.15) is 5.75 Å². The van der Waals surface area contributed by atoms with Gasteiger partial charge in [-0.25, -0.2) is 8.42 Å². The lowest BCUT2D eigenvalue weighted by Crippen LogP contribution is -2.45. The average molecular weight is 533 g/mol. The number of piperidine rings is 1. The molecule has 2 N–H and O–H groups in total. The number of rotatable bonds is 9. The van der Waals surface area contributed by atoms with Gasteiger partial charge in [0, 0.05) is 30.2 Å². The fourth-order valence-corrected chi connectivity index (χ4v) is 5.70. The molecule has 2 atom stereocenters. The Balaban J connectivity index is 0.00000289. The average Bonchev–Trinajstić information content (AvgIpc) is 2.73. The highest BCUT2D eigenvalue weighted by Crippen LogP contribution is 2.30. The van der Waals surface area contributed by atoms with E-state index in [0.29, 0.717) is 12.2 Å². The van der Waals surface area contributed by atoms with Crippen molar-refractivity contribution in [1.29, 1.82) is 0 Å². The summed E-state index contributed by atoms with van der Waals surface area (Å²) in [6, 6.07) is 16.5. The van der Waals surface area contributed by atoms with Gasteiger partial charge in [0.25, 0.3) is 0 Å². The molecule has 2 aromatic carbocycles. The normalized spacial score (nSPS) is 18.2. The largest absolute Gasteiger partial charge is 0.491 e. The molecule has 34 heavy (non-hydrogen) atoms. The molecular weight excluding hydrogens is 493 g/mol. The molecule has 0 unspecified atom stereocenters. The summed E-state index contributed by atoms with van der Waals surface area (Å²) in [7, 11) is -3.39. The van der Waals surface area contributed by atoms with Crippen LogP contribution in [0.3, 0.4) is 0 Å². The van der Waals surface area contributed by atoms with Crippen LogP contribution in [0.15, 0.2) is 48.5 Å². The Hall–Kier alpha value is -1.51. The number of halogens is 2. The highest BCUT2D eigenvalue weighted by Gasteiger charge is 2.27. The van der Waals surface area contributed by atoms with Crippen molar-refractivity contribution in [2.45, 2.75) is 71.3 Å². The van der Waals surface area contributed by atoms with Crippen molar-refractivity contribution in [3.8, 4) is 5.75 Å². The molecule has 1 saturated heterocycles. The second-order valence-electron chi connectivity index (χ2n) is 9.08. The van der Waals surface area contributed by atoms with Gasteiger partial charge in [0.05, 0.1) is 18.0 Å². The topological polar surface area (TPSA) is 70.7 Å². The zero-order valence-corrected chi connectivity index (χ0v) is 23.1. The van der Waals surface area contributed by atoms with Crippen LogP contribution in [-0.4, -0.2) is 39.4 Å². The zero-order valence-electron chi connectivity index (χ0n) is 20.7. The Morgan fingerprint density at radius 1 is 1.09 bits per heavy atom. The molecule has 0 saturated carbocycles. The van der Waals surface area contributed by atoms with Gasteiger partial charge in [-0.05, 0) is 70.8 Å². The molecule has 2 aromatic rings. The quantitative estimate of drug-likeness (QED) is 0.472. The van der Waals surface area contributed by atoms with Crippen LogP contribution in [0.4, 0.5) is 5.69 Å². The van der Waals surface area contributed by atoms with Crippen molar-refractivity contribution in [3.63, 3.8) is 0 Å². The predicted octanol–water partition coefficient (Wildman–Crippen LogP) is 5.07. The minimum Gasteiger partial charge on any atom is -0.491 e. The molecule has 9 heteroatoms. The van der Waals surface area contributed by atoms with Gasteiger partial charge >= 0.3 is 0 Å². The smallest absolute Gasteiger partial charge is 0.232 e. The number of anilines is 1. The van der Waals surface area contributed by atoms with Crippen LogP contribution >= 0.6 is 24.8 Å². The van der Waals surface area contributed by atoms with E-state index in [2.05, 4.69) is 34.9 Å². The summed E-state index contributed by atoms with van der Waals surface area (Å²) in [4.78, 5) is 0. The van der Waals surface area contributed by atoms with Crippen LogP contribution in [0.5, 0.6) is 5.75 Å². The summed E-state index contributed by atoms with van der Waals surface area (Å²) < 4.78 is 32.4. The van der Waals surface area contributed by atoms with Gasteiger partial charge in [-0.1, -0.05) is 30.3 Å². The van der Waals surface area contributed by atoms with Crippen molar-refractivity contribution in [2.75, 3.05) is 17.1 Å². The Morgan fingerprint density at radius 2 is 1.76 bits per heavy atom. The SMILES string of the molecule is CC(C)Oc1ccc(N(C(C)C)S(C)(=O)=O)cc1CN[C@H]1CCCN[C@H]1c1ccccc1.Cl.Cl. The number of hydrogen-bond acceptors (Lipinski definition) is 5. The fraction of sp³-hybridized carbons (Fsp3) is 0.520. The third-order valence-corrected chi connectivity index (χ3v) is 7.01. The van der Waals surface area contributed by atoms with Gasteiger partial charge in [-0.15, -0.1) is 24.8 Å².